The Hall–Kier alpha value is -2.16. The van der Waals surface area contributed by atoms with Crippen LogP contribution in [-0.2, 0) is 0 Å². The highest BCUT2D eigenvalue weighted by Gasteiger charge is 2.39. The predicted octanol–water partition coefficient (Wildman–Crippen LogP) is 4.18. The Kier molecular flexibility index (Phi) is 7.79. The molecule has 3 rings (SSSR count). The van der Waals surface area contributed by atoms with Crippen molar-refractivity contribution in [1.29, 1.82) is 0 Å². The summed E-state index contributed by atoms with van der Waals surface area (Å²) < 4.78 is 16.2. The maximum atomic E-state index is 5.41. The van der Waals surface area contributed by atoms with Crippen LogP contribution in [0.15, 0.2) is 41.4 Å². The summed E-state index contributed by atoms with van der Waals surface area (Å²) in [6, 6.07) is 12.6. The van der Waals surface area contributed by atoms with E-state index in [4.69, 9.17) is 14.2 Å². The minimum atomic E-state index is 0. The number of ether oxygens (including phenoxy) is 3. The number of hydrogen-bond donors (Lipinski definition) is 2. The third-order valence-corrected chi connectivity index (χ3v) is 4.85. The normalized spacial score (nSPS) is 18.0. The molecule has 0 aliphatic heterocycles. The smallest absolute Gasteiger partial charge is 0.203 e. The third kappa shape index (κ3) is 4.81. The van der Waals surface area contributed by atoms with Crippen LogP contribution in [0.3, 0.4) is 0 Å². The van der Waals surface area contributed by atoms with Crippen LogP contribution >= 0.6 is 24.0 Å². The highest BCUT2D eigenvalue weighted by molar-refractivity contribution is 14.0. The monoisotopic (exact) mass is 497 g/mol. The van der Waals surface area contributed by atoms with Gasteiger partial charge < -0.3 is 24.8 Å². The average Bonchev–Trinajstić information content (AvgIpc) is 3.45. The van der Waals surface area contributed by atoms with Gasteiger partial charge >= 0.3 is 0 Å². The van der Waals surface area contributed by atoms with Gasteiger partial charge in [0.05, 0.1) is 21.3 Å². The first-order valence-electron chi connectivity index (χ1n) is 8.97. The van der Waals surface area contributed by atoms with Crippen LogP contribution in [0, 0.1) is 6.92 Å². The van der Waals surface area contributed by atoms with Crippen molar-refractivity contribution in [2.75, 3.05) is 33.7 Å². The van der Waals surface area contributed by atoms with Gasteiger partial charge in [0.15, 0.2) is 17.5 Å². The number of hydrogen-bond acceptors (Lipinski definition) is 4. The van der Waals surface area contributed by atoms with E-state index in [9.17, 15) is 0 Å². The number of nitrogens with zero attached hydrogens (tertiary/aromatic N) is 1. The van der Waals surface area contributed by atoms with Gasteiger partial charge in [-0.05, 0) is 24.5 Å². The largest absolute Gasteiger partial charge is 0.493 e. The number of aryl methyl sites for hydroxylation is 1. The molecule has 152 valence electrons. The Bertz CT molecular complexity index is 816. The van der Waals surface area contributed by atoms with E-state index in [1.54, 1.807) is 28.4 Å². The topological polar surface area (TPSA) is 64.1 Å². The molecule has 7 heteroatoms. The lowest BCUT2D eigenvalue weighted by atomic mass is 10.0. The number of benzene rings is 2. The molecule has 0 bridgehead atoms. The zero-order chi connectivity index (χ0) is 19.4. The van der Waals surface area contributed by atoms with E-state index in [1.807, 2.05) is 12.1 Å². The Morgan fingerprint density at radius 3 is 2.21 bits per heavy atom. The van der Waals surface area contributed by atoms with Gasteiger partial charge in [-0.15, -0.1) is 24.0 Å². The van der Waals surface area contributed by atoms with E-state index >= 15 is 0 Å². The maximum Gasteiger partial charge on any atom is 0.203 e. The van der Waals surface area contributed by atoms with Crippen molar-refractivity contribution in [3.63, 3.8) is 0 Å². The molecule has 0 radical (unpaired) electrons. The van der Waals surface area contributed by atoms with Crippen molar-refractivity contribution in [2.45, 2.75) is 25.3 Å². The molecular formula is C21H28IN3O3. The lowest BCUT2D eigenvalue weighted by molar-refractivity contribution is 0.324. The molecular weight excluding hydrogens is 469 g/mol. The van der Waals surface area contributed by atoms with Crippen LogP contribution in [0.1, 0.15) is 23.5 Å². The summed E-state index contributed by atoms with van der Waals surface area (Å²) >= 11 is 0. The number of anilines is 1. The summed E-state index contributed by atoms with van der Waals surface area (Å²) in [5.74, 6) is 2.99. The Morgan fingerprint density at radius 1 is 1.04 bits per heavy atom. The third-order valence-electron chi connectivity index (χ3n) is 4.85. The van der Waals surface area contributed by atoms with Crippen molar-refractivity contribution < 1.29 is 14.2 Å². The first kappa shape index (κ1) is 22.1. The van der Waals surface area contributed by atoms with Gasteiger partial charge in [-0.25, -0.2) is 0 Å². The Balaban J connectivity index is 0.00000280. The average molecular weight is 497 g/mol. The van der Waals surface area contributed by atoms with Gasteiger partial charge in [-0.1, -0.05) is 24.3 Å². The molecule has 1 fully saturated rings. The van der Waals surface area contributed by atoms with E-state index in [1.165, 1.54) is 11.1 Å². The zero-order valence-corrected chi connectivity index (χ0v) is 19.2. The Morgan fingerprint density at radius 2 is 1.68 bits per heavy atom. The zero-order valence-electron chi connectivity index (χ0n) is 16.9. The fourth-order valence-electron chi connectivity index (χ4n) is 3.32. The molecule has 28 heavy (non-hydrogen) atoms. The summed E-state index contributed by atoms with van der Waals surface area (Å²) in [5, 5.41) is 6.81. The van der Waals surface area contributed by atoms with Crippen LogP contribution < -0.4 is 24.8 Å². The van der Waals surface area contributed by atoms with Crippen molar-refractivity contribution in [3.05, 3.63) is 47.5 Å². The number of methoxy groups -OCH3 is 3. The fourth-order valence-corrected chi connectivity index (χ4v) is 3.32. The van der Waals surface area contributed by atoms with Gasteiger partial charge in [-0.3, -0.25) is 4.99 Å². The summed E-state index contributed by atoms with van der Waals surface area (Å²) in [7, 11) is 6.56. The van der Waals surface area contributed by atoms with Crippen LogP contribution in [0.25, 0.3) is 0 Å². The molecule has 1 aliphatic rings. The Labute approximate surface area is 183 Å². The number of rotatable bonds is 6. The van der Waals surface area contributed by atoms with Crippen LogP contribution in [0.2, 0.25) is 0 Å². The molecule has 0 spiro atoms. The summed E-state index contributed by atoms with van der Waals surface area (Å²) in [6.07, 6.45) is 1.10. The second kappa shape index (κ2) is 9.86. The molecule has 2 N–H and O–H groups in total. The number of guanidine groups is 1. The minimum Gasteiger partial charge on any atom is -0.493 e. The molecule has 2 aromatic rings. The van der Waals surface area contributed by atoms with Crippen molar-refractivity contribution in [3.8, 4) is 17.2 Å². The van der Waals surface area contributed by atoms with Gasteiger partial charge in [0.25, 0.3) is 0 Å². The molecule has 2 atom stereocenters. The molecule has 6 nitrogen and oxygen atoms in total. The van der Waals surface area contributed by atoms with Crippen molar-refractivity contribution in [1.82, 2.24) is 5.32 Å². The van der Waals surface area contributed by atoms with Crippen LogP contribution in [0.5, 0.6) is 17.2 Å². The van der Waals surface area contributed by atoms with Gasteiger partial charge in [0.2, 0.25) is 5.75 Å². The fraction of sp³-hybridized carbons (Fsp3) is 0.381. The first-order valence-corrected chi connectivity index (χ1v) is 8.97. The van der Waals surface area contributed by atoms with Crippen molar-refractivity contribution >= 4 is 35.6 Å². The van der Waals surface area contributed by atoms with E-state index in [-0.39, 0.29) is 24.0 Å². The van der Waals surface area contributed by atoms with Crippen LogP contribution in [-0.4, -0.2) is 40.4 Å². The van der Waals surface area contributed by atoms with Gasteiger partial charge in [-0.2, -0.15) is 0 Å². The first-order chi connectivity index (χ1) is 13.1. The van der Waals surface area contributed by atoms with E-state index in [0.29, 0.717) is 35.2 Å². The standard InChI is InChI=1S/C21H27N3O3.HI/c1-13-8-6-7-9-15(13)16-12-17(16)24-21(22-2)23-14-10-18(25-3)20(27-5)19(11-14)26-4;/h6-11,16-17H,12H2,1-5H3,(H2,22,23,24);1H. The molecule has 0 saturated heterocycles. The minimum absolute atomic E-state index is 0. The lowest BCUT2D eigenvalue weighted by Gasteiger charge is -2.16. The van der Waals surface area contributed by atoms with E-state index in [0.717, 1.165) is 12.1 Å². The predicted molar refractivity (Wildman–Crippen MR) is 124 cm³/mol. The molecule has 0 amide bonds. The van der Waals surface area contributed by atoms with E-state index < -0.39 is 0 Å². The quantitative estimate of drug-likeness (QED) is 0.356. The SMILES string of the molecule is CN=C(Nc1cc(OC)c(OC)c(OC)c1)NC1CC1c1ccccc1C.I. The molecule has 0 aromatic heterocycles. The number of nitrogens with one attached hydrogen (secondary N) is 2. The second-order valence-corrected chi connectivity index (χ2v) is 6.56. The number of halogens is 1. The molecule has 2 unspecified atom stereocenters. The summed E-state index contributed by atoms with van der Waals surface area (Å²) in [6.45, 7) is 2.16. The summed E-state index contributed by atoms with van der Waals surface area (Å²) in [5.41, 5.74) is 3.54. The maximum absolute atomic E-state index is 5.41. The lowest BCUT2D eigenvalue weighted by Crippen LogP contribution is -2.33. The molecule has 1 saturated carbocycles. The van der Waals surface area contributed by atoms with Crippen LogP contribution in [0.4, 0.5) is 5.69 Å². The molecule has 0 heterocycles. The van der Waals surface area contributed by atoms with Gasteiger partial charge in [0.1, 0.15) is 0 Å². The number of aliphatic imine (C=N–C) groups is 1. The van der Waals surface area contributed by atoms with E-state index in [2.05, 4.69) is 46.8 Å². The molecule has 1 aliphatic carbocycles. The summed E-state index contributed by atoms with van der Waals surface area (Å²) in [4.78, 5) is 4.35. The molecule has 2 aromatic carbocycles. The highest BCUT2D eigenvalue weighted by Crippen LogP contribution is 2.42. The van der Waals surface area contributed by atoms with Gasteiger partial charge in [0, 0.05) is 36.8 Å². The highest BCUT2D eigenvalue weighted by atomic mass is 127. The second-order valence-electron chi connectivity index (χ2n) is 6.56. The van der Waals surface area contributed by atoms with Crippen molar-refractivity contribution in [2.24, 2.45) is 4.99 Å².